The number of Topliss-reactive ketones (excluding diaryl/α,β-unsaturated/α-hetero) is 2. The van der Waals surface area contributed by atoms with Gasteiger partial charge in [-0.05, 0) is 25.3 Å². The molecule has 1 aliphatic heterocycles. The van der Waals surface area contributed by atoms with Crippen LogP contribution in [0.3, 0.4) is 0 Å². The Kier molecular flexibility index (Phi) is 3.81. The van der Waals surface area contributed by atoms with E-state index in [1.807, 2.05) is 20.8 Å². The summed E-state index contributed by atoms with van der Waals surface area (Å²) in [5, 5.41) is 0. The topological polar surface area (TPSA) is 99.9 Å². The number of ketones is 2. The van der Waals surface area contributed by atoms with Gasteiger partial charge >= 0.3 is 11.9 Å². The van der Waals surface area contributed by atoms with Crippen molar-refractivity contribution in [1.29, 1.82) is 0 Å². The van der Waals surface area contributed by atoms with E-state index in [-0.39, 0.29) is 28.8 Å². The normalized spacial score (nSPS) is 36.8. The van der Waals surface area contributed by atoms with Crippen molar-refractivity contribution < 1.29 is 33.1 Å². The van der Waals surface area contributed by atoms with Crippen LogP contribution in [0.15, 0.2) is 21.8 Å². The summed E-state index contributed by atoms with van der Waals surface area (Å²) in [4.78, 5) is 51.1. The van der Waals surface area contributed by atoms with Gasteiger partial charge in [0, 0.05) is 42.2 Å². The largest absolute Gasteiger partial charge is 0.460 e. The highest BCUT2D eigenvalue weighted by atomic mass is 16.6. The molecule has 0 N–H and O–H groups in total. The molecule has 158 valence electrons. The minimum atomic E-state index is -0.864. The van der Waals surface area contributed by atoms with Crippen LogP contribution < -0.4 is 0 Å². The third kappa shape index (κ3) is 2.10. The van der Waals surface area contributed by atoms with Crippen molar-refractivity contribution in [2.24, 2.45) is 11.3 Å². The fourth-order valence-electron chi connectivity index (χ4n) is 6.42. The van der Waals surface area contributed by atoms with Crippen LogP contribution >= 0.6 is 0 Å². The highest BCUT2D eigenvalue weighted by Gasteiger charge is 2.64. The molecule has 4 aliphatic rings. The summed E-state index contributed by atoms with van der Waals surface area (Å²) < 4.78 is 17.1. The summed E-state index contributed by atoms with van der Waals surface area (Å²) in [6.45, 7) is 7.04. The smallest absolute Gasteiger partial charge is 0.342 e. The second-order valence-electron chi connectivity index (χ2n) is 9.25. The van der Waals surface area contributed by atoms with Crippen molar-refractivity contribution >= 4 is 23.5 Å². The average Bonchev–Trinajstić information content (AvgIpc) is 3.25. The molecule has 7 heteroatoms. The van der Waals surface area contributed by atoms with Crippen LogP contribution in [0.2, 0.25) is 0 Å². The van der Waals surface area contributed by atoms with E-state index in [2.05, 4.69) is 0 Å². The molecule has 30 heavy (non-hydrogen) atoms. The Morgan fingerprint density at radius 3 is 2.67 bits per heavy atom. The number of hydrogen-bond donors (Lipinski definition) is 0. The first-order chi connectivity index (χ1) is 14.1. The molecule has 1 aromatic heterocycles. The Balaban J connectivity index is 1.84. The fourth-order valence-corrected chi connectivity index (χ4v) is 6.42. The Hall–Kier alpha value is -2.70. The van der Waals surface area contributed by atoms with Crippen LogP contribution in [0.1, 0.15) is 79.9 Å². The molecule has 7 nitrogen and oxygen atoms in total. The summed E-state index contributed by atoms with van der Waals surface area (Å²) in [7, 11) is 0. The molecule has 5 atom stereocenters. The lowest BCUT2D eigenvalue weighted by atomic mass is 9.54. The maximum atomic E-state index is 13.7. The number of rotatable bonds is 2. The highest BCUT2D eigenvalue weighted by molar-refractivity contribution is 6.14. The zero-order valence-corrected chi connectivity index (χ0v) is 17.5. The van der Waals surface area contributed by atoms with Gasteiger partial charge < -0.3 is 13.9 Å². The fraction of sp³-hybridized carbons (Fsp3) is 0.565. The molecule has 1 fully saturated rings. The number of fused-ring (bicyclic) bond motifs is 3. The highest BCUT2D eigenvalue weighted by Crippen LogP contribution is 2.61. The first-order valence-corrected chi connectivity index (χ1v) is 10.5. The third-order valence-electron chi connectivity index (χ3n) is 7.75. The van der Waals surface area contributed by atoms with Gasteiger partial charge in [-0.2, -0.15) is 0 Å². The maximum Gasteiger partial charge on any atom is 0.342 e. The Labute approximate surface area is 173 Å². The van der Waals surface area contributed by atoms with Crippen molar-refractivity contribution in [2.75, 3.05) is 0 Å². The van der Waals surface area contributed by atoms with E-state index in [0.29, 0.717) is 42.4 Å². The van der Waals surface area contributed by atoms with E-state index in [1.54, 1.807) is 0 Å². The summed E-state index contributed by atoms with van der Waals surface area (Å²) in [5.74, 6) is -1.34. The first kappa shape index (κ1) is 19.3. The third-order valence-corrected chi connectivity index (χ3v) is 7.75. The molecule has 0 unspecified atom stereocenters. The van der Waals surface area contributed by atoms with Gasteiger partial charge in [0.2, 0.25) is 5.78 Å². The van der Waals surface area contributed by atoms with Gasteiger partial charge in [0.15, 0.2) is 5.76 Å². The van der Waals surface area contributed by atoms with Gasteiger partial charge in [-0.15, -0.1) is 0 Å². The maximum absolute atomic E-state index is 13.7. The van der Waals surface area contributed by atoms with Crippen molar-refractivity contribution in [2.45, 2.75) is 71.0 Å². The SMILES string of the molecule is CC[C@H]1OC(=O)c2coc3c2[C@@]1(C)C1=C(C3=O)[C@@H]2CCC(=O)[C@@]2(C)C[C@H]1OC(C)=O. The molecule has 0 aromatic carbocycles. The van der Waals surface area contributed by atoms with Gasteiger partial charge in [0.05, 0.1) is 5.41 Å². The number of esters is 2. The molecular weight excluding hydrogens is 388 g/mol. The lowest BCUT2D eigenvalue weighted by molar-refractivity contribution is -0.149. The quantitative estimate of drug-likeness (QED) is 0.687. The number of carbonyl (C=O) groups is 4. The van der Waals surface area contributed by atoms with Crippen molar-refractivity contribution in [3.63, 3.8) is 0 Å². The minimum Gasteiger partial charge on any atom is -0.460 e. The molecule has 5 rings (SSSR count). The van der Waals surface area contributed by atoms with Crippen LogP contribution in [0, 0.1) is 11.3 Å². The summed E-state index contributed by atoms with van der Waals surface area (Å²) in [6, 6.07) is 0. The molecule has 0 amide bonds. The van der Waals surface area contributed by atoms with Crippen LogP contribution in [-0.4, -0.2) is 35.7 Å². The summed E-state index contributed by atoms with van der Waals surface area (Å²) >= 11 is 0. The van der Waals surface area contributed by atoms with E-state index < -0.39 is 35.0 Å². The van der Waals surface area contributed by atoms with E-state index in [1.165, 1.54) is 13.2 Å². The lowest BCUT2D eigenvalue weighted by Crippen LogP contribution is -2.56. The van der Waals surface area contributed by atoms with Crippen LogP contribution in [0.5, 0.6) is 0 Å². The number of hydrogen-bond acceptors (Lipinski definition) is 7. The van der Waals surface area contributed by atoms with Gasteiger partial charge in [0.1, 0.15) is 29.8 Å². The van der Waals surface area contributed by atoms with Crippen molar-refractivity contribution in [3.05, 3.63) is 34.3 Å². The number of cyclic esters (lactones) is 1. The molecule has 0 saturated heterocycles. The van der Waals surface area contributed by atoms with Crippen LogP contribution in [0.4, 0.5) is 0 Å². The molecule has 3 aliphatic carbocycles. The molecule has 0 spiro atoms. The van der Waals surface area contributed by atoms with Crippen molar-refractivity contribution in [3.8, 4) is 0 Å². The van der Waals surface area contributed by atoms with Gasteiger partial charge in [-0.3, -0.25) is 14.4 Å². The molecule has 2 heterocycles. The minimum absolute atomic E-state index is 0.0854. The number of carbonyl (C=O) groups excluding carboxylic acids is 4. The van der Waals surface area contributed by atoms with Crippen LogP contribution in [0.25, 0.3) is 0 Å². The van der Waals surface area contributed by atoms with E-state index in [4.69, 9.17) is 13.9 Å². The average molecular weight is 412 g/mol. The van der Waals surface area contributed by atoms with E-state index in [0.717, 1.165) is 0 Å². The molecule has 1 aromatic rings. The predicted octanol–water partition coefficient (Wildman–Crippen LogP) is 3.30. The summed E-state index contributed by atoms with van der Waals surface area (Å²) in [6.07, 6.45) is 1.81. The standard InChI is InChI=1S/C23H24O7/c1-5-15-23(4)17-11(21(27)30-15)9-28-20(17)19(26)16-12-6-7-14(25)22(12,3)8-13(18(16)23)29-10(2)24/h9,12-13,15H,5-8H2,1-4H3/t12-,13+,15+,22-,23-/m0/s1. The van der Waals surface area contributed by atoms with Crippen LogP contribution in [-0.2, 0) is 24.5 Å². The Bertz CT molecular complexity index is 1060. The van der Waals surface area contributed by atoms with Gasteiger partial charge in [-0.1, -0.05) is 13.8 Å². The van der Waals surface area contributed by atoms with Gasteiger partial charge in [0.25, 0.3) is 0 Å². The molecule has 1 saturated carbocycles. The Morgan fingerprint density at radius 2 is 2.00 bits per heavy atom. The zero-order chi connectivity index (χ0) is 21.6. The molecular formula is C23H24O7. The lowest BCUT2D eigenvalue weighted by Gasteiger charge is -2.51. The Morgan fingerprint density at radius 1 is 1.27 bits per heavy atom. The first-order valence-electron chi connectivity index (χ1n) is 10.5. The second kappa shape index (κ2) is 5.93. The zero-order valence-electron chi connectivity index (χ0n) is 17.5. The number of furan rings is 1. The molecule has 0 bridgehead atoms. The predicted molar refractivity (Wildman–Crippen MR) is 103 cm³/mol. The van der Waals surface area contributed by atoms with E-state index in [9.17, 15) is 19.2 Å². The number of allylic oxidation sites excluding steroid dienone is 1. The summed E-state index contributed by atoms with van der Waals surface area (Å²) in [5.41, 5.74) is 0.318. The number of ether oxygens (including phenoxy) is 2. The monoisotopic (exact) mass is 412 g/mol. The van der Waals surface area contributed by atoms with E-state index >= 15 is 0 Å². The molecule has 0 radical (unpaired) electrons. The van der Waals surface area contributed by atoms with Crippen molar-refractivity contribution in [1.82, 2.24) is 0 Å². The second-order valence-corrected chi connectivity index (χ2v) is 9.25. The van der Waals surface area contributed by atoms with Gasteiger partial charge in [-0.25, -0.2) is 4.79 Å².